The Hall–Kier alpha value is -2.67. The highest BCUT2D eigenvalue weighted by Crippen LogP contribution is 2.39. The van der Waals surface area contributed by atoms with Crippen LogP contribution in [-0.4, -0.2) is 20.9 Å². The zero-order valence-corrected chi connectivity index (χ0v) is 16.4. The lowest BCUT2D eigenvalue weighted by Crippen LogP contribution is -2.18. The lowest BCUT2D eigenvalue weighted by atomic mass is 10.1. The van der Waals surface area contributed by atoms with Gasteiger partial charge in [-0.25, -0.2) is 4.39 Å². The fourth-order valence-corrected chi connectivity index (χ4v) is 3.83. The predicted molar refractivity (Wildman–Crippen MR) is 109 cm³/mol. The van der Waals surface area contributed by atoms with Gasteiger partial charge in [-0.15, -0.1) is 10.2 Å². The molecule has 0 unspecified atom stereocenters. The Morgan fingerprint density at radius 1 is 1.07 bits per heavy atom. The average molecular weight is 396 g/mol. The molecule has 0 amide bonds. The molecule has 0 fully saturated rings. The molecule has 1 aliphatic rings. The highest BCUT2D eigenvalue weighted by molar-refractivity contribution is 7.99. The molecular weight excluding hydrogens is 375 g/mol. The molecule has 1 aliphatic heterocycles. The number of unbranched alkanes of at least 4 members (excludes halogenated alkanes) is 2. The quantitative estimate of drug-likeness (QED) is 0.441. The monoisotopic (exact) mass is 396 g/mol. The third kappa shape index (κ3) is 3.94. The standard InChI is InChI=1S/C21H21FN4OS/c1-2-3-8-13-28-21-24-20-18(25-26-21)15-10-5-7-12-17(15)23-19(27-20)14-9-4-6-11-16(14)22/h4-7,9-12,19,23H,2-3,8,13H2,1H3/t19-/m0/s1. The molecule has 0 spiro atoms. The predicted octanol–water partition coefficient (Wildman–Crippen LogP) is 5.46. The molecule has 144 valence electrons. The van der Waals surface area contributed by atoms with Gasteiger partial charge in [0.2, 0.25) is 17.3 Å². The van der Waals surface area contributed by atoms with Crippen molar-refractivity contribution in [3.8, 4) is 17.1 Å². The van der Waals surface area contributed by atoms with Crippen molar-refractivity contribution >= 4 is 17.4 Å². The van der Waals surface area contributed by atoms with Crippen LogP contribution in [0.25, 0.3) is 11.3 Å². The van der Waals surface area contributed by atoms with Gasteiger partial charge >= 0.3 is 0 Å². The van der Waals surface area contributed by atoms with E-state index in [0.29, 0.717) is 22.3 Å². The maximum absolute atomic E-state index is 14.4. The van der Waals surface area contributed by atoms with Crippen LogP contribution in [0.15, 0.2) is 53.7 Å². The molecule has 2 aromatic carbocycles. The summed E-state index contributed by atoms with van der Waals surface area (Å²) in [6.07, 6.45) is 2.73. The van der Waals surface area contributed by atoms with Gasteiger partial charge in [0.15, 0.2) is 5.69 Å². The van der Waals surface area contributed by atoms with Crippen LogP contribution in [0, 0.1) is 5.82 Å². The van der Waals surface area contributed by atoms with Crippen molar-refractivity contribution in [1.82, 2.24) is 15.2 Å². The Balaban J connectivity index is 1.70. The van der Waals surface area contributed by atoms with Gasteiger partial charge in [0, 0.05) is 22.6 Å². The average Bonchev–Trinajstić information content (AvgIpc) is 2.88. The normalized spacial score (nSPS) is 15.0. The smallest absolute Gasteiger partial charge is 0.247 e. The Bertz CT molecular complexity index is 969. The Labute approximate surface area is 167 Å². The van der Waals surface area contributed by atoms with Crippen molar-refractivity contribution in [1.29, 1.82) is 0 Å². The van der Waals surface area contributed by atoms with Crippen LogP contribution in [0.3, 0.4) is 0 Å². The Morgan fingerprint density at radius 3 is 2.75 bits per heavy atom. The van der Waals surface area contributed by atoms with Crippen molar-refractivity contribution in [2.75, 3.05) is 11.1 Å². The first kappa shape index (κ1) is 18.7. The zero-order valence-electron chi connectivity index (χ0n) is 15.6. The molecule has 4 rings (SSSR count). The molecule has 0 saturated carbocycles. The number of nitrogens with one attached hydrogen (secondary N) is 1. The van der Waals surface area contributed by atoms with Gasteiger partial charge in [0.25, 0.3) is 0 Å². The number of para-hydroxylation sites is 1. The Kier molecular flexibility index (Phi) is 5.71. The molecule has 0 aliphatic carbocycles. The summed E-state index contributed by atoms with van der Waals surface area (Å²) >= 11 is 1.56. The minimum absolute atomic E-state index is 0.336. The molecule has 0 radical (unpaired) electrons. The number of fused-ring (bicyclic) bond motifs is 3. The van der Waals surface area contributed by atoms with Crippen LogP contribution < -0.4 is 10.1 Å². The van der Waals surface area contributed by atoms with E-state index in [1.54, 1.807) is 30.0 Å². The first-order valence-corrected chi connectivity index (χ1v) is 10.4. The lowest BCUT2D eigenvalue weighted by molar-refractivity contribution is 0.220. The summed E-state index contributed by atoms with van der Waals surface area (Å²) in [4.78, 5) is 4.58. The molecule has 0 bridgehead atoms. The van der Waals surface area contributed by atoms with Gasteiger partial charge in [-0.2, -0.15) is 4.98 Å². The maximum Gasteiger partial charge on any atom is 0.247 e. The van der Waals surface area contributed by atoms with Crippen LogP contribution >= 0.6 is 11.8 Å². The van der Waals surface area contributed by atoms with Gasteiger partial charge in [-0.3, -0.25) is 0 Å². The van der Waals surface area contributed by atoms with E-state index in [2.05, 4.69) is 27.4 Å². The summed E-state index contributed by atoms with van der Waals surface area (Å²) in [5.74, 6) is 0.954. The Morgan fingerprint density at radius 2 is 1.89 bits per heavy atom. The maximum atomic E-state index is 14.4. The topological polar surface area (TPSA) is 59.9 Å². The van der Waals surface area contributed by atoms with E-state index in [1.165, 1.54) is 18.9 Å². The molecule has 0 saturated heterocycles. The van der Waals surface area contributed by atoms with Gasteiger partial charge in [0.1, 0.15) is 5.82 Å². The second-order valence-electron chi connectivity index (χ2n) is 6.51. The third-order valence-electron chi connectivity index (χ3n) is 4.50. The van der Waals surface area contributed by atoms with E-state index in [9.17, 15) is 4.39 Å². The van der Waals surface area contributed by atoms with Crippen molar-refractivity contribution < 1.29 is 9.13 Å². The van der Waals surface area contributed by atoms with Crippen LogP contribution in [0.1, 0.15) is 38.0 Å². The number of halogens is 1. The molecule has 7 heteroatoms. The molecular formula is C21H21FN4OS. The number of thioether (sulfide) groups is 1. The molecule has 3 aromatic rings. The number of hydrogen-bond acceptors (Lipinski definition) is 6. The fraction of sp³-hybridized carbons (Fsp3) is 0.286. The number of anilines is 1. The number of hydrogen-bond donors (Lipinski definition) is 1. The number of ether oxygens (including phenoxy) is 1. The van der Waals surface area contributed by atoms with Gasteiger partial charge in [-0.05, 0) is 18.6 Å². The van der Waals surface area contributed by atoms with E-state index in [-0.39, 0.29) is 5.82 Å². The number of aromatic nitrogens is 3. The van der Waals surface area contributed by atoms with Gasteiger partial charge in [-0.1, -0.05) is 67.9 Å². The summed E-state index contributed by atoms with van der Waals surface area (Å²) in [6, 6.07) is 14.2. The van der Waals surface area contributed by atoms with Crippen molar-refractivity contribution in [3.63, 3.8) is 0 Å². The molecule has 1 aromatic heterocycles. The number of benzene rings is 2. The van der Waals surface area contributed by atoms with E-state index in [1.807, 2.05) is 24.3 Å². The van der Waals surface area contributed by atoms with E-state index >= 15 is 0 Å². The van der Waals surface area contributed by atoms with Crippen molar-refractivity contribution in [2.24, 2.45) is 0 Å². The summed E-state index contributed by atoms with van der Waals surface area (Å²) in [5, 5.41) is 12.5. The molecule has 1 atom stereocenters. The van der Waals surface area contributed by atoms with E-state index < -0.39 is 6.23 Å². The number of nitrogens with zero attached hydrogens (tertiary/aromatic N) is 3. The second kappa shape index (κ2) is 8.56. The third-order valence-corrected chi connectivity index (χ3v) is 5.42. The SMILES string of the molecule is CCCCCSc1nnc2c(n1)O[C@@H](c1ccccc1F)Nc1ccccc1-2. The number of rotatable bonds is 6. The minimum Gasteiger partial charge on any atom is -0.448 e. The summed E-state index contributed by atoms with van der Waals surface area (Å²) < 4.78 is 20.5. The highest BCUT2D eigenvalue weighted by Gasteiger charge is 2.27. The summed E-state index contributed by atoms with van der Waals surface area (Å²) in [6.45, 7) is 2.17. The minimum atomic E-state index is -0.710. The zero-order chi connectivity index (χ0) is 19.3. The second-order valence-corrected chi connectivity index (χ2v) is 7.58. The van der Waals surface area contributed by atoms with Gasteiger partial charge in [0.05, 0.1) is 0 Å². The lowest BCUT2D eigenvalue weighted by Gasteiger charge is -2.19. The molecule has 1 N–H and O–H groups in total. The summed E-state index contributed by atoms with van der Waals surface area (Å²) in [7, 11) is 0. The van der Waals surface area contributed by atoms with E-state index in [0.717, 1.165) is 23.4 Å². The summed E-state index contributed by atoms with van der Waals surface area (Å²) in [5.41, 5.74) is 2.61. The first-order chi connectivity index (χ1) is 13.8. The van der Waals surface area contributed by atoms with Crippen molar-refractivity contribution in [2.45, 2.75) is 37.6 Å². The van der Waals surface area contributed by atoms with Crippen molar-refractivity contribution in [3.05, 3.63) is 59.9 Å². The van der Waals surface area contributed by atoms with Crippen LogP contribution in [0.5, 0.6) is 5.88 Å². The van der Waals surface area contributed by atoms with Gasteiger partial charge < -0.3 is 10.1 Å². The van der Waals surface area contributed by atoms with Crippen LogP contribution in [0.2, 0.25) is 0 Å². The molecule has 5 nitrogen and oxygen atoms in total. The van der Waals surface area contributed by atoms with Crippen LogP contribution in [-0.2, 0) is 0 Å². The van der Waals surface area contributed by atoms with E-state index in [4.69, 9.17) is 4.74 Å². The first-order valence-electron chi connectivity index (χ1n) is 9.41. The van der Waals surface area contributed by atoms with Crippen LogP contribution in [0.4, 0.5) is 10.1 Å². The molecule has 2 heterocycles. The fourth-order valence-electron chi connectivity index (χ4n) is 3.05. The largest absolute Gasteiger partial charge is 0.448 e. The molecule has 28 heavy (non-hydrogen) atoms. The highest BCUT2D eigenvalue weighted by atomic mass is 32.2.